The summed E-state index contributed by atoms with van der Waals surface area (Å²) in [4.78, 5) is 11.6. The predicted molar refractivity (Wildman–Crippen MR) is 67.1 cm³/mol. The van der Waals surface area contributed by atoms with E-state index in [1.165, 1.54) is 6.42 Å². The minimum absolute atomic E-state index is 0.198. The van der Waals surface area contributed by atoms with Gasteiger partial charge < -0.3 is 11.1 Å². The molecule has 0 radical (unpaired) electrons. The fraction of sp³-hybridized carbons (Fsp3) is 0.923. The number of hydrogen-bond donors (Lipinski definition) is 2. The van der Waals surface area contributed by atoms with Crippen LogP contribution in [0.15, 0.2) is 0 Å². The Hall–Kier alpha value is -0.570. The van der Waals surface area contributed by atoms with Crippen molar-refractivity contribution in [2.75, 3.05) is 0 Å². The number of amides is 1. The van der Waals surface area contributed by atoms with Gasteiger partial charge >= 0.3 is 0 Å². The molecule has 0 aromatic rings. The molecule has 94 valence electrons. The van der Waals surface area contributed by atoms with Crippen LogP contribution in [0.3, 0.4) is 0 Å². The van der Waals surface area contributed by atoms with Crippen LogP contribution < -0.4 is 11.1 Å². The third-order valence-electron chi connectivity index (χ3n) is 3.40. The van der Waals surface area contributed by atoms with Gasteiger partial charge in [-0.05, 0) is 44.4 Å². The number of carbonyl (C=O) groups excluding carboxylic acids is 1. The van der Waals surface area contributed by atoms with Gasteiger partial charge in [-0.15, -0.1) is 0 Å². The molecule has 2 unspecified atom stereocenters. The van der Waals surface area contributed by atoms with Crippen LogP contribution in [0.25, 0.3) is 0 Å². The van der Waals surface area contributed by atoms with Gasteiger partial charge in [-0.3, -0.25) is 4.79 Å². The van der Waals surface area contributed by atoms with E-state index in [4.69, 9.17) is 5.73 Å². The maximum absolute atomic E-state index is 11.6. The van der Waals surface area contributed by atoms with E-state index in [1.807, 2.05) is 6.92 Å². The summed E-state index contributed by atoms with van der Waals surface area (Å²) in [6.45, 7) is 6.53. The predicted octanol–water partition coefficient (Wildman–Crippen LogP) is 2.20. The van der Waals surface area contributed by atoms with Crippen LogP contribution in [-0.2, 0) is 4.79 Å². The zero-order valence-electron chi connectivity index (χ0n) is 10.9. The van der Waals surface area contributed by atoms with E-state index in [-0.39, 0.29) is 11.9 Å². The lowest BCUT2D eigenvalue weighted by Crippen LogP contribution is -2.33. The standard InChI is InChI=1S/C13H26N2O/c1-10(14)5-4-6-12(16)15-11-7-8-13(2,3)9-11/h10-11H,4-9,14H2,1-3H3,(H,15,16). The number of rotatable bonds is 5. The molecular formula is C13H26N2O. The monoisotopic (exact) mass is 226 g/mol. The molecule has 0 saturated heterocycles. The summed E-state index contributed by atoms with van der Waals surface area (Å²) < 4.78 is 0. The molecule has 3 nitrogen and oxygen atoms in total. The van der Waals surface area contributed by atoms with E-state index in [1.54, 1.807) is 0 Å². The van der Waals surface area contributed by atoms with E-state index in [0.29, 0.717) is 17.9 Å². The summed E-state index contributed by atoms with van der Waals surface area (Å²) in [7, 11) is 0. The first kappa shape index (κ1) is 13.5. The van der Waals surface area contributed by atoms with Crippen LogP contribution in [-0.4, -0.2) is 18.0 Å². The zero-order chi connectivity index (χ0) is 12.2. The largest absolute Gasteiger partial charge is 0.353 e. The Kier molecular flexibility index (Phi) is 4.78. The number of nitrogens with two attached hydrogens (primary N) is 1. The molecule has 0 aliphatic heterocycles. The lowest BCUT2D eigenvalue weighted by molar-refractivity contribution is -0.121. The highest BCUT2D eigenvalue weighted by Gasteiger charge is 2.31. The van der Waals surface area contributed by atoms with Crippen molar-refractivity contribution < 1.29 is 4.79 Å². The van der Waals surface area contributed by atoms with Crippen LogP contribution in [0, 0.1) is 5.41 Å². The third-order valence-corrected chi connectivity index (χ3v) is 3.40. The van der Waals surface area contributed by atoms with Crippen LogP contribution >= 0.6 is 0 Å². The van der Waals surface area contributed by atoms with Crippen molar-refractivity contribution in [3.8, 4) is 0 Å². The molecule has 0 bridgehead atoms. The van der Waals surface area contributed by atoms with Crippen molar-refractivity contribution >= 4 is 5.91 Å². The summed E-state index contributed by atoms with van der Waals surface area (Å²) in [6, 6.07) is 0.607. The van der Waals surface area contributed by atoms with Gasteiger partial charge in [0.2, 0.25) is 5.91 Å². The number of hydrogen-bond acceptors (Lipinski definition) is 2. The third kappa shape index (κ3) is 4.97. The van der Waals surface area contributed by atoms with Gasteiger partial charge in [-0.2, -0.15) is 0 Å². The Labute approximate surface area is 99.2 Å². The summed E-state index contributed by atoms with van der Waals surface area (Å²) in [5.74, 6) is 0.198. The van der Waals surface area contributed by atoms with Gasteiger partial charge in [0.05, 0.1) is 0 Å². The summed E-state index contributed by atoms with van der Waals surface area (Å²) in [5, 5.41) is 3.13. The van der Waals surface area contributed by atoms with Gasteiger partial charge in [0, 0.05) is 18.5 Å². The molecule has 1 amide bonds. The normalized spacial score (nSPS) is 25.4. The Morgan fingerprint density at radius 2 is 2.25 bits per heavy atom. The first-order valence-electron chi connectivity index (χ1n) is 6.44. The lowest BCUT2D eigenvalue weighted by atomic mass is 9.92. The second-order valence-electron chi connectivity index (χ2n) is 6.04. The summed E-state index contributed by atoms with van der Waals surface area (Å²) in [5.41, 5.74) is 6.05. The van der Waals surface area contributed by atoms with Crippen molar-refractivity contribution in [2.24, 2.45) is 11.1 Å². The van der Waals surface area contributed by atoms with Gasteiger partial charge in [0.15, 0.2) is 0 Å². The van der Waals surface area contributed by atoms with Gasteiger partial charge in [-0.25, -0.2) is 0 Å². The second-order valence-corrected chi connectivity index (χ2v) is 6.04. The molecule has 1 aliphatic rings. The topological polar surface area (TPSA) is 55.1 Å². The molecular weight excluding hydrogens is 200 g/mol. The van der Waals surface area contributed by atoms with Crippen LogP contribution in [0.1, 0.15) is 59.3 Å². The first-order valence-corrected chi connectivity index (χ1v) is 6.44. The van der Waals surface area contributed by atoms with Gasteiger partial charge in [0.25, 0.3) is 0 Å². The van der Waals surface area contributed by atoms with Crippen molar-refractivity contribution in [2.45, 2.75) is 71.4 Å². The van der Waals surface area contributed by atoms with E-state index in [0.717, 1.165) is 25.7 Å². The highest BCUT2D eigenvalue weighted by atomic mass is 16.1. The molecule has 0 aromatic carbocycles. The molecule has 3 heteroatoms. The average Bonchev–Trinajstić information content (AvgIpc) is 2.44. The molecule has 0 aromatic heterocycles. The van der Waals surface area contributed by atoms with E-state index in [2.05, 4.69) is 19.2 Å². The molecule has 0 spiro atoms. The van der Waals surface area contributed by atoms with Gasteiger partial charge in [-0.1, -0.05) is 13.8 Å². The Morgan fingerprint density at radius 1 is 1.56 bits per heavy atom. The quantitative estimate of drug-likeness (QED) is 0.755. The van der Waals surface area contributed by atoms with Crippen molar-refractivity contribution in [3.05, 3.63) is 0 Å². The number of carbonyl (C=O) groups is 1. The summed E-state index contributed by atoms with van der Waals surface area (Å²) in [6.07, 6.45) is 5.93. The second kappa shape index (κ2) is 5.67. The first-order chi connectivity index (χ1) is 7.39. The van der Waals surface area contributed by atoms with E-state index < -0.39 is 0 Å². The Bertz CT molecular complexity index is 236. The highest BCUT2D eigenvalue weighted by molar-refractivity contribution is 5.76. The van der Waals surface area contributed by atoms with Crippen molar-refractivity contribution in [1.82, 2.24) is 5.32 Å². The molecule has 3 N–H and O–H groups in total. The van der Waals surface area contributed by atoms with Crippen LogP contribution in [0.2, 0.25) is 0 Å². The Balaban J connectivity index is 2.15. The molecule has 1 rings (SSSR count). The van der Waals surface area contributed by atoms with Crippen LogP contribution in [0.5, 0.6) is 0 Å². The lowest BCUT2D eigenvalue weighted by Gasteiger charge is -2.17. The minimum atomic E-state index is 0.198. The maximum atomic E-state index is 11.6. The van der Waals surface area contributed by atoms with E-state index >= 15 is 0 Å². The SMILES string of the molecule is CC(N)CCCC(=O)NC1CCC(C)(C)C1. The highest BCUT2D eigenvalue weighted by Crippen LogP contribution is 2.36. The summed E-state index contributed by atoms with van der Waals surface area (Å²) >= 11 is 0. The molecule has 1 saturated carbocycles. The van der Waals surface area contributed by atoms with E-state index in [9.17, 15) is 4.79 Å². The molecule has 1 aliphatic carbocycles. The Morgan fingerprint density at radius 3 is 2.75 bits per heavy atom. The average molecular weight is 226 g/mol. The molecule has 1 fully saturated rings. The number of nitrogens with one attached hydrogen (secondary N) is 1. The fourth-order valence-electron chi connectivity index (χ4n) is 2.44. The molecule has 2 atom stereocenters. The minimum Gasteiger partial charge on any atom is -0.353 e. The maximum Gasteiger partial charge on any atom is 0.220 e. The van der Waals surface area contributed by atoms with Crippen molar-refractivity contribution in [3.63, 3.8) is 0 Å². The zero-order valence-corrected chi connectivity index (χ0v) is 10.9. The fourth-order valence-corrected chi connectivity index (χ4v) is 2.44. The smallest absolute Gasteiger partial charge is 0.220 e. The molecule has 0 heterocycles. The van der Waals surface area contributed by atoms with Crippen LogP contribution in [0.4, 0.5) is 0 Å². The van der Waals surface area contributed by atoms with Gasteiger partial charge in [0.1, 0.15) is 0 Å². The molecule has 16 heavy (non-hydrogen) atoms. The van der Waals surface area contributed by atoms with Crippen molar-refractivity contribution in [1.29, 1.82) is 0 Å².